The fraction of sp³-hybridized carbons (Fsp3) is 0.417. The van der Waals surface area contributed by atoms with Crippen molar-refractivity contribution >= 4 is 11.8 Å². The lowest BCUT2D eigenvalue weighted by Crippen LogP contribution is -2.38. The summed E-state index contributed by atoms with van der Waals surface area (Å²) in [5.41, 5.74) is -0.0269. The maximum absolute atomic E-state index is 10.7. The minimum atomic E-state index is -1.05. The largest absolute Gasteiger partial charge is 0.476 e. The third-order valence-electron chi connectivity index (χ3n) is 2.97. The van der Waals surface area contributed by atoms with Gasteiger partial charge in [-0.15, -0.1) is 6.58 Å². The Labute approximate surface area is 99.8 Å². The van der Waals surface area contributed by atoms with Crippen molar-refractivity contribution < 1.29 is 9.90 Å². The predicted molar refractivity (Wildman–Crippen MR) is 64.2 cm³/mol. The van der Waals surface area contributed by atoms with E-state index in [9.17, 15) is 4.79 Å². The lowest BCUT2D eigenvalue weighted by Gasteiger charge is -2.34. The standard InChI is InChI=1S/C12H15N3O2/c1-2-9-5-3-4-6-15(9)11-8-13-10(7-14-11)12(16)17/h2,7-9H,1,3-6H2,(H,16,17). The molecular weight excluding hydrogens is 218 g/mol. The smallest absolute Gasteiger partial charge is 0.356 e. The van der Waals surface area contributed by atoms with E-state index in [2.05, 4.69) is 21.4 Å². The van der Waals surface area contributed by atoms with Crippen LogP contribution in [0.5, 0.6) is 0 Å². The molecular formula is C12H15N3O2. The van der Waals surface area contributed by atoms with Crippen molar-refractivity contribution in [2.45, 2.75) is 25.3 Å². The van der Waals surface area contributed by atoms with Gasteiger partial charge in [-0.2, -0.15) is 0 Å². The molecule has 0 aromatic carbocycles. The Kier molecular flexibility index (Phi) is 3.37. The van der Waals surface area contributed by atoms with Crippen molar-refractivity contribution in [2.24, 2.45) is 0 Å². The number of aromatic nitrogens is 2. The van der Waals surface area contributed by atoms with Crippen LogP contribution in [0, 0.1) is 0 Å². The molecule has 90 valence electrons. The number of hydrogen-bond donors (Lipinski definition) is 1. The van der Waals surface area contributed by atoms with Gasteiger partial charge in [0.25, 0.3) is 0 Å². The van der Waals surface area contributed by atoms with Gasteiger partial charge in [0.05, 0.1) is 12.4 Å². The molecule has 0 radical (unpaired) electrons. The van der Waals surface area contributed by atoms with Crippen molar-refractivity contribution in [2.75, 3.05) is 11.4 Å². The minimum Gasteiger partial charge on any atom is -0.476 e. The lowest BCUT2D eigenvalue weighted by molar-refractivity contribution is 0.0690. The van der Waals surface area contributed by atoms with Crippen LogP contribution in [0.15, 0.2) is 25.0 Å². The van der Waals surface area contributed by atoms with Crippen molar-refractivity contribution in [3.8, 4) is 0 Å². The topological polar surface area (TPSA) is 66.3 Å². The first-order chi connectivity index (χ1) is 8.22. The van der Waals surface area contributed by atoms with Gasteiger partial charge in [0.2, 0.25) is 0 Å². The Balaban J connectivity index is 2.20. The van der Waals surface area contributed by atoms with Gasteiger partial charge in [0.1, 0.15) is 5.82 Å². The molecule has 5 nitrogen and oxygen atoms in total. The van der Waals surface area contributed by atoms with E-state index in [-0.39, 0.29) is 11.7 Å². The van der Waals surface area contributed by atoms with Gasteiger partial charge < -0.3 is 10.0 Å². The SMILES string of the molecule is C=CC1CCCCN1c1cnc(C(=O)O)cn1. The van der Waals surface area contributed by atoms with E-state index in [1.807, 2.05) is 6.08 Å². The second kappa shape index (κ2) is 4.95. The van der Waals surface area contributed by atoms with Crippen LogP contribution in [0.1, 0.15) is 29.8 Å². The monoisotopic (exact) mass is 233 g/mol. The van der Waals surface area contributed by atoms with E-state index in [4.69, 9.17) is 5.11 Å². The van der Waals surface area contributed by atoms with Crippen LogP contribution in [0.4, 0.5) is 5.82 Å². The second-order valence-corrected chi connectivity index (χ2v) is 4.06. The normalized spacial score (nSPS) is 20.0. The minimum absolute atomic E-state index is 0.0269. The van der Waals surface area contributed by atoms with Gasteiger partial charge in [0.15, 0.2) is 5.69 Å². The number of carboxylic acid groups (broad SMARTS) is 1. The molecule has 0 spiro atoms. The third-order valence-corrected chi connectivity index (χ3v) is 2.97. The first-order valence-electron chi connectivity index (χ1n) is 5.67. The van der Waals surface area contributed by atoms with E-state index in [0.29, 0.717) is 0 Å². The van der Waals surface area contributed by atoms with E-state index in [1.54, 1.807) is 0 Å². The summed E-state index contributed by atoms with van der Waals surface area (Å²) in [5.74, 6) is -0.331. The van der Waals surface area contributed by atoms with Crippen molar-refractivity contribution in [3.05, 3.63) is 30.7 Å². The molecule has 5 heteroatoms. The molecule has 0 amide bonds. The predicted octanol–water partition coefficient (Wildman–Crippen LogP) is 1.72. The Morgan fingerprint density at radius 1 is 1.47 bits per heavy atom. The fourth-order valence-electron chi connectivity index (χ4n) is 2.07. The van der Waals surface area contributed by atoms with Gasteiger partial charge >= 0.3 is 5.97 Å². The summed E-state index contributed by atoms with van der Waals surface area (Å²) in [7, 11) is 0. The fourth-order valence-corrected chi connectivity index (χ4v) is 2.07. The summed E-state index contributed by atoms with van der Waals surface area (Å²) in [6, 6.07) is 0.272. The Hall–Kier alpha value is -1.91. The first kappa shape index (κ1) is 11.6. The number of nitrogens with zero attached hydrogens (tertiary/aromatic N) is 3. The maximum atomic E-state index is 10.7. The molecule has 1 fully saturated rings. The van der Waals surface area contributed by atoms with Crippen molar-refractivity contribution in [1.82, 2.24) is 9.97 Å². The summed E-state index contributed by atoms with van der Waals surface area (Å²) < 4.78 is 0. The van der Waals surface area contributed by atoms with E-state index in [0.717, 1.165) is 25.2 Å². The molecule has 1 aliphatic rings. The van der Waals surface area contributed by atoms with Gasteiger partial charge in [-0.1, -0.05) is 6.08 Å². The molecule has 1 saturated heterocycles. The summed E-state index contributed by atoms with van der Waals surface area (Å²) in [5, 5.41) is 8.75. The molecule has 0 bridgehead atoms. The molecule has 1 aromatic heterocycles. The van der Waals surface area contributed by atoms with Gasteiger partial charge in [-0.3, -0.25) is 0 Å². The van der Waals surface area contributed by atoms with Crippen molar-refractivity contribution in [3.63, 3.8) is 0 Å². The molecule has 1 atom stereocenters. The molecule has 1 aromatic rings. The number of carbonyl (C=O) groups is 1. The maximum Gasteiger partial charge on any atom is 0.356 e. The summed E-state index contributed by atoms with van der Waals surface area (Å²) in [6.07, 6.45) is 8.09. The molecule has 0 saturated carbocycles. The highest BCUT2D eigenvalue weighted by Gasteiger charge is 2.21. The average molecular weight is 233 g/mol. The van der Waals surface area contributed by atoms with Crippen LogP contribution in [0.3, 0.4) is 0 Å². The highest BCUT2D eigenvalue weighted by Crippen LogP contribution is 2.22. The summed E-state index contributed by atoms with van der Waals surface area (Å²) >= 11 is 0. The number of hydrogen-bond acceptors (Lipinski definition) is 4. The second-order valence-electron chi connectivity index (χ2n) is 4.06. The number of piperidine rings is 1. The quantitative estimate of drug-likeness (QED) is 0.805. The Morgan fingerprint density at radius 3 is 2.88 bits per heavy atom. The van der Waals surface area contributed by atoms with Crippen LogP contribution in [0.2, 0.25) is 0 Å². The average Bonchev–Trinajstić information content (AvgIpc) is 2.39. The van der Waals surface area contributed by atoms with Gasteiger partial charge in [-0.05, 0) is 19.3 Å². The summed E-state index contributed by atoms with van der Waals surface area (Å²) in [4.78, 5) is 20.8. The van der Waals surface area contributed by atoms with E-state index < -0.39 is 5.97 Å². The number of anilines is 1. The molecule has 1 unspecified atom stereocenters. The number of aromatic carboxylic acids is 1. The molecule has 2 heterocycles. The molecule has 1 N–H and O–H groups in total. The van der Waals surface area contributed by atoms with Gasteiger partial charge in [-0.25, -0.2) is 14.8 Å². The highest BCUT2D eigenvalue weighted by molar-refractivity contribution is 5.84. The third kappa shape index (κ3) is 2.43. The highest BCUT2D eigenvalue weighted by atomic mass is 16.4. The Morgan fingerprint density at radius 2 is 2.29 bits per heavy atom. The van der Waals surface area contributed by atoms with E-state index in [1.165, 1.54) is 18.8 Å². The number of rotatable bonds is 3. The van der Waals surface area contributed by atoms with Crippen LogP contribution < -0.4 is 4.90 Å². The van der Waals surface area contributed by atoms with Crippen LogP contribution in [-0.2, 0) is 0 Å². The summed E-state index contributed by atoms with van der Waals surface area (Å²) in [6.45, 7) is 4.74. The van der Waals surface area contributed by atoms with Gasteiger partial charge in [0, 0.05) is 12.6 Å². The Bertz CT molecular complexity index is 416. The first-order valence-corrected chi connectivity index (χ1v) is 5.67. The van der Waals surface area contributed by atoms with Crippen LogP contribution in [-0.4, -0.2) is 33.6 Å². The van der Waals surface area contributed by atoms with E-state index >= 15 is 0 Å². The van der Waals surface area contributed by atoms with Crippen LogP contribution in [0.25, 0.3) is 0 Å². The molecule has 17 heavy (non-hydrogen) atoms. The van der Waals surface area contributed by atoms with Crippen molar-refractivity contribution in [1.29, 1.82) is 0 Å². The van der Waals surface area contributed by atoms with Crippen LogP contribution >= 0.6 is 0 Å². The zero-order valence-corrected chi connectivity index (χ0v) is 9.54. The molecule has 0 aliphatic carbocycles. The number of carboxylic acids is 1. The molecule has 1 aliphatic heterocycles. The molecule has 2 rings (SSSR count). The lowest BCUT2D eigenvalue weighted by atomic mass is 10.0. The zero-order valence-electron chi connectivity index (χ0n) is 9.54. The zero-order chi connectivity index (χ0) is 12.3.